The molecular weight excluding hydrogens is 797 g/mol. The molecule has 3 fully saturated rings. The van der Waals surface area contributed by atoms with Crippen LogP contribution in [-0.4, -0.2) is 126 Å². The molecule has 0 spiro atoms. The molecule has 22 heteroatoms. The van der Waals surface area contributed by atoms with Gasteiger partial charge in [-0.1, -0.05) is 13.3 Å². The van der Waals surface area contributed by atoms with Gasteiger partial charge in [0, 0.05) is 36.7 Å². The molecule has 3 saturated heterocycles. The van der Waals surface area contributed by atoms with Gasteiger partial charge in [-0.05, 0) is 62.8 Å². The fourth-order valence-electron chi connectivity index (χ4n) is 7.66. The second kappa shape index (κ2) is 17.1. The Bertz CT molecular complexity index is 2110. The van der Waals surface area contributed by atoms with E-state index in [-0.39, 0.29) is 30.4 Å². The number of piperidine rings is 1. The number of hydrogen-bond donors (Lipinski definition) is 4. The highest BCUT2D eigenvalue weighted by molar-refractivity contribution is 5.99. The molecule has 3 aromatic heterocycles. The van der Waals surface area contributed by atoms with Crippen LogP contribution < -0.4 is 9.64 Å². The lowest BCUT2D eigenvalue weighted by molar-refractivity contribution is -0.193. The highest BCUT2D eigenvalue weighted by Crippen LogP contribution is 2.42. The molecule has 318 valence electrons. The minimum atomic E-state index is -5.08. The summed E-state index contributed by atoms with van der Waals surface area (Å²) in [6.45, 7) is 5.04. The smallest absolute Gasteiger partial charge is 0.475 e. The van der Waals surface area contributed by atoms with E-state index >= 15 is 4.39 Å². The third kappa shape index (κ3) is 9.48. The molecular formula is C36H40F9N7O6. The predicted molar refractivity (Wildman–Crippen MR) is 189 cm³/mol. The Hall–Kier alpha value is -4.99. The SMILES string of the molecule is CCCc1c(C)cc2[nH]ncc2c1-c1ncc2c(N3CCC[C@](O)(CF)C3)nc(OC[C@@]34CCCN3C[C@H](F)C4)nc2c1F.O=C(O)C(F)(F)F.O=C(O)C(F)(F)F. The third-order valence-corrected chi connectivity index (χ3v) is 10.3. The van der Waals surface area contributed by atoms with Crippen LogP contribution in [-0.2, 0) is 16.0 Å². The minimum absolute atomic E-state index is 0.00611. The number of anilines is 1. The molecule has 0 saturated carbocycles. The average molecular weight is 838 g/mol. The molecule has 6 heterocycles. The van der Waals surface area contributed by atoms with E-state index in [1.54, 1.807) is 17.3 Å². The van der Waals surface area contributed by atoms with Crippen molar-refractivity contribution in [2.45, 2.75) is 88.5 Å². The van der Waals surface area contributed by atoms with E-state index in [2.05, 4.69) is 37.0 Å². The molecule has 4 N–H and O–H groups in total. The van der Waals surface area contributed by atoms with Crippen LogP contribution in [0.2, 0.25) is 0 Å². The van der Waals surface area contributed by atoms with E-state index in [0.29, 0.717) is 49.1 Å². The Morgan fingerprint density at radius 3 is 2.29 bits per heavy atom. The fraction of sp³-hybridized carbons (Fsp3) is 0.556. The Kier molecular flexibility index (Phi) is 13.0. The second-order valence-corrected chi connectivity index (χ2v) is 14.5. The number of β-amino-alcohol motifs (C(OH)–C–C–N with tert-alkyl or cyclic N) is 1. The predicted octanol–water partition coefficient (Wildman–Crippen LogP) is 6.49. The third-order valence-electron chi connectivity index (χ3n) is 10.3. The second-order valence-electron chi connectivity index (χ2n) is 14.5. The van der Waals surface area contributed by atoms with Crippen molar-refractivity contribution >= 4 is 39.6 Å². The number of carboxylic acid groups (broad SMARTS) is 2. The van der Waals surface area contributed by atoms with Crippen molar-refractivity contribution in [3.05, 3.63) is 35.4 Å². The molecule has 0 amide bonds. The van der Waals surface area contributed by atoms with Crippen molar-refractivity contribution in [1.29, 1.82) is 0 Å². The van der Waals surface area contributed by atoms with Gasteiger partial charge in [0.1, 0.15) is 42.1 Å². The molecule has 0 aliphatic carbocycles. The number of carboxylic acids is 2. The highest BCUT2D eigenvalue weighted by atomic mass is 19.4. The summed E-state index contributed by atoms with van der Waals surface area (Å²) in [6.07, 6.45) is -3.26. The van der Waals surface area contributed by atoms with E-state index in [0.717, 1.165) is 54.3 Å². The molecule has 58 heavy (non-hydrogen) atoms. The number of pyridine rings is 1. The molecule has 7 rings (SSSR count). The summed E-state index contributed by atoms with van der Waals surface area (Å²) in [6, 6.07) is 1.98. The Balaban J connectivity index is 0.000000393. The number of aryl methyl sites for hydroxylation is 1. The number of ether oxygens (including phenoxy) is 1. The molecule has 3 atom stereocenters. The number of rotatable bonds is 8. The Morgan fingerprint density at radius 1 is 1.02 bits per heavy atom. The number of nitrogens with zero attached hydrogens (tertiary/aromatic N) is 6. The van der Waals surface area contributed by atoms with Crippen LogP contribution in [0.25, 0.3) is 33.1 Å². The topological polar surface area (TPSA) is 178 Å². The molecule has 3 aliphatic rings. The van der Waals surface area contributed by atoms with Crippen LogP contribution in [0.3, 0.4) is 0 Å². The summed E-state index contributed by atoms with van der Waals surface area (Å²) >= 11 is 0. The average Bonchev–Trinajstić information content (AvgIpc) is 3.85. The van der Waals surface area contributed by atoms with Crippen molar-refractivity contribution in [3.8, 4) is 17.3 Å². The normalized spacial score (nSPS) is 22.3. The molecule has 0 unspecified atom stereocenters. The van der Waals surface area contributed by atoms with Gasteiger partial charge in [-0.25, -0.2) is 22.8 Å². The summed E-state index contributed by atoms with van der Waals surface area (Å²) in [5, 5.41) is 33.4. The zero-order valence-corrected chi connectivity index (χ0v) is 31.2. The van der Waals surface area contributed by atoms with Gasteiger partial charge in [0.25, 0.3) is 0 Å². The zero-order valence-electron chi connectivity index (χ0n) is 31.2. The van der Waals surface area contributed by atoms with Gasteiger partial charge < -0.3 is 25.0 Å². The first kappa shape index (κ1) is 44.1. The van der Waals surface area contributed by atoms with E-state index in [1.165, 1.54) is 0 Å². The number of aromatic amines is 1. The van der Waals surface area contributed by atoms with Crippen LogP contribution in [0.5, 0.6) is 6.01 Å². The highest BCUT2D eigenvalue weighted by Gasteiger charge is 2.49. The number of aromatic nitrogens is 5. The molecule has 1 aromatic carbocycles. The maximum absolute atomic E-state index is 16.9. The summed E-state index contributed by atoms with van der Waals surface area (Å²) in [5.74, 6) is -5.80. The van der Waals surface area contributed by atoms with Crippen molar-refractivity contribution in [2.75, 3.05) is 44.4 Å². The number of aliphatic carboxylic acids is 2. The van der Waals surface area contributed by atoms with Gasteiger partial charge in [0.05, 0.1) is 29.2 Å². The fourth-order valence-corrected chi connectivity index (χ4v) is 7.66. The van der Waals surface area contributed by atoms with Crippen LogP contribution in [0.1, 0.15) is 56.6 Å². The molecule has 3 aliphatic heterocycles. The lowest BCUT2D eigenvalue weighted by atomic mass is 9.92. The van der Waals surface area contributed by atoms with Crippen LogP contribution in [0.15, 0.2) is 18.5 Å². The number of benzene rings is 1. The molecule has 0 bridgehead atoms. The number of halogens is 9. The maximum atomic E-state index is 16.9. The number of H-pyrrole nitrogens is 1. The van der Waals surface area contributed by atoms with Gasteiger partial charge >= 0.3 is 30.3 Å². The number of carbonyl (C=O) groups is 2. The van der Waals surface area contributed by atoms with E-state index in [9.17, 15) is 40.2 Å². The van der Waals surface area contributed by atoms with E-state index < -0.39 is 54.1 Å². The number of hydrogen-bond acceptors (Lipinski definition) is 10. The van der Waals surface area contributed by atoms with E-state index in [1.807, 2.05) is 13.0 Å². The first-order chi connectivity index (χ1) is 27.1. The van der Waals surface area contributed by atoms with Crippen molar-refractivity contribution < 1.29 is 69.2 Å². The van der Waals surface area contributed by atoms with Crippen molar-refractivity contribution in [2.24, 2.45) is 0 Å². The first-order valence-electron chi connectivity index (χ1n) is 18.1. The Labute approximate surface area is 324 Å². The Morgan fingerprint density at radius 2 is 1.67 bits per heavy atom. The summed E-state index contributed by atoms with van der Waals surface area (Å²) in [4.78, 5) is 35.6. The number of fused-ring (bicyclic) bond motifs is 3. The van der Waals surface area contributed by atoms with Crippen LogP contribution >= 0.6 is 0 Å². The molecule has 13 nitrogen and oxygen atoms in total. The quantitative estimate of drug-likeness (QED) is 0.142. The van der Waals surface area contributed by atoms with E-state index in [4.69, 9.17) is 24.5 Å². The van der Waals surface area contributed by atoms with Gasteiger partial charge in [0.15, 0.2) is 5.82 Å². The van der Waals surface area contributed by atoms with Gasteiger partial charge in [-0.15, -0.1) is 0 Å². The van der Waals surface area contributed by atoms with Crippen LogP contribution in [0, 0.1) is 12.7 Å². The lowest BCUT2D eigenvalue weighted by Gasteiger charge is -2.38. The lowest BCUT2D eigenvalue weighted by Crippen LogP contribution is -2.50. The monoisotopic (exact) mass is 837 g/mol. The summed E-state index contributed by atoms with van der Waals surface area (Å²) in [7, 11) is 0. The minimum Gasteiger partial charge on any atom is -0.475 e. The van der Waals surface area contributed by atoms with Gasteiger partial charge in [-0.2, -0.15) is 41.4 Å². The molecule has 0 radical (unpaired) electrons. The maximum Gasteiger partial charge on any atom is 0.490 e. The van der Waals surface area contributed by atoms with Crippen LogP contribution in [0.4, 0.5) is 45.3 Å². The van der Waals surface area contributed by atoms with Gasteiger partial charge in [0.2, 0.25) is 0 Å². The zero-order chi connectivity index (χ0) is 42.8. The van der Waals surface area contributed by atoms with Crippen molar-refractivity contribution in [3.63, 3.8) is 0 Å². The number of nitrogens with one attached hydrogen (secondary N) is 1. The van der Waals surface area contributed by atoms with Crippen molar-refractivity contribution in [1.82, 2.24) is 30.0 Å². The first-order valence-corrected chi connectivity index (χ1v) is 18.1. The molecule has 4 aromatic rings. The standard InChI is InChI=1S/C32H38F3N7O2.2C2HF3O2/c1-3-6-21-19(2)11-24-22(14-37-40-24)25(21)28-26(35)27-23(13-36-28)29(41-9-5-8-32(43,16-33)17-41)39-30(38-27)44-18-31-7-4-10-42(31)15-20(34)12-31;2*3-2(4,5)1(6)7/h11,13-14,20,43H,3-10,12,15-18H2,1-2H3,(H,37,40);2*(H,6,7)/t20-,31+,32+;;/m1../s1. The summed E-state index contributed by atoms with van der Waals surface area (Å²) < 4.78 is 115. The summed E-state index contributed by atoms with van der Waals surface area (Å²) in [5.41, 5.74) is 1.66. The van der Waals surface area contributed by atoms with Gasteiger partial charge in [-0.3, -0.25) is 15.0 Å². The number of alkyl halides is 8. The number of aliphatic hydroxyl groups is 1. The largest absolute Gasteiger partial charge is 0.490 e.